The van der Waals surface area contributed by atoms with E-state index in [-0.39, 0.29) is 6.92 Å². The Morgan fingerprint density at radius 2 is 1.33 bits per heavy atom. The van der Waals surface area contributed by atoms with E-state index < -0.39 is 24.2 Å². The van der Waals surface area contributed by atoms with Crippen LogP contribution in [-0.4, -0.2) is 24.2 Å². The molecule has 2 unspecified atom stereocenters. The zero-order chi connectivity index (χ0) is 10.2. The molecule has 0 amide bonds. The Bertz CT molecular complexity index is 147. The second kappa shape index (κ2) is 3.14. The minimum absolute atomic E-state index is 0.0199. The number of hydrogen-bond donors (Lipinski definition) is 0. The maximum absolute atomic E-state index is 12.2. The van der Waals surface area contributed by atoms with Crippen LogP contribution in [0, 0.1) is 0 Å². The van der Waals surface area contributed by atoms with Crippen molar-refractivity contribution in [3.8, 4) is 0 Å². The van der Waals surface area contributed by atoms with E-state index in [2.05, 4.69) is 0 Å². The Kier molecular flexibility index (Phi) is 3.03. The Hall–Kier alpha value is -0.420. The zero-order valence-corrected chi connectivity index (χ0v) is 6.42. The lowest BCUT2D eigenvalue weighted by Gasteiger charge is -2.25. The zero-order valence-electron chi connectivity index (χ0n) is 6.42. The van der Waals surface area contributed by atoms with Crippen molar-refractivity contribution < 1.29 is 26.3 Å². The van der Waals surface area contributed by atoms with E-state index in [1.165, 1.54) is 0 Å². The van der Waals surface area contributed by atoms with Gasteiger partial charge in [-0.05, 0) is 6.92 Å². The summed E-state index contributed by atoms with van der Waals surface area (Å²) in [5.41, 5.74) is 0. The molecule has 74 valence electrons. The van der Waals surface area contributed by atoms with Crippen LogP contribution in [-0.2, 0) is 0 Å². The molecule has 0 heterocycles. The number of alkyl halides is 6. The molecular formula is C6H8F6. The van der Waals surface area contributed by atoms with Gasteiger partial charge in [0.1, 0.15) is 0 Å². The van der Waals surface area contributed by atoms with Crippen LogP contribution in [0.5, 0.6) is 0 Å². The predicted molar refractivity (Wildman–Crippen MR) is 31.0 cm³/mol. The molecule has 0 N–H and O–H groups in total. The third-order valence-corrected chi connectivity index (χ3v) is 1.31. The first-order chi connectivity index (χ1) is 5.10. The molecular weight excluding hydrogens is 186 g/mol. The van der Waals surface area contributed by atoms with Gasteiger partial charge in [0.25, 0.3) is 5.92 Å². The van der Waals surface area contributed by atoms with Gasteiger partial charge in [-0.15, -0.1) is 0 Å². The largest absolute Gasteiger partial charge is 0.314 e. The molecule has 0 fully saturated rings. The van der Waals surface area contributed by atoms with Gasteiger partial charge in [0, 0.05) is 6.92 Å². The average molecular weight is 194 g/mol. The lowest BCUT2D eigenvalue weighted by Crippen LogP contribution is -2.47. The monoisotopic (exact) mass is 194 g/mol. The summed E-state index contributed by atoms with van der Waals surface area (Å²) >= 11 is 0. The topological polar surface area (TPSA) is 0 Å². The molecule has 0 nitrogen and oxygen atoms in total. The fraction of sp³-hybridized carbons (Fsp3) is 1.00. The van der Waals surface area contributed by atoms with Gasteiger partial charge >= 0.3 is 5.92 Å². The summed E-state index contributed by atoms with van der Waals surface area (Å²) in [4.78, 5) is 0. The van der Waals surface area contributed by atoms with Crippen molar-refractivity contribution in [2.75, 3.05) is 0 Å². The second-order valence-electron chi connectivity index (χ2n) is 2.61. The highest BCUT2D eigenvalue weighted by atomic mass is 19.3. The Labute approximate surface area is 65.6 Å². The third-order valence-electron chi connectivity index (χ3n) is 1.31. The molecule has 0 rings (SSSR count). The van der Waals surface area contributed by atoms with E-state index in [9.17, 15) is 26.3 Å². The first-order valence-electron chi connectivity index (χ1n) is 3.14. The first-order valence-corrected chi connectivity index (χ1v) is 3.14. The molecule has 0 spiro atoms. The molecule has 0 aliphatic rings. The minimum atomic E-state index is -4.64. The Balaban J connectivity index is 4.57. The summed E-state index contributed by atoms with van der Waals surface area (Å²) in [6.45, 7) is 0.312. The number of hydrogen-bond acceptors (Lipinski definition) is 0. The number of halogens is 6. The van der Waals surface area contributed by atoms with Crippen molar-refractivity contribution in [2.45, 2.75) is 38.0 Å². The normalized spacial score (nSPS) is 19.0. The minimum Gasteiger partial charge on any atom is -0.241 e. The van der Waals surface area contributed by atoms with E-state index in [0.29, 0.717) is 6.92 Å². The van der Waals surface area contributed by atoms with Gasteiger partial charge in [0.2, 0.25) is 6.17 Å². The summed E-state index contributed by atoms with van der Waals surface area (Å²) < 4.78 is 72.4. The molecule has 6 heteroatoms. The highest BCUT2D eigenvalue weighted by Crippen LogP contribution is 2.36. The summed E-state index contributed by atoms with van der Waals surface area (Å²) in [6, 6.07) is 0. The van der Waals surface area contributed by atoms with Crippen LogP contribution in [0.1, 0.15) is 13.8 Å². The van der Waals surface area contributed by atoms with Gasteiger partial charge in [-0.2, -0.15) is 8.78 Å². The van der Waals surface area contributed by atoms with Crippen LogP contribution >= 0.6 is 0 Å². The van der Waals surface area contributed by atoms with Crippen molar-refractivity contribution in [3.05, 3.63) is 0 Å². The van der Waals surface area contributed by atoms with Crippen LogP contribution in [0.4, 0.5) is 26.3 Å². The van der Waals surface area contributed by atoms with E-state index in [0.717, 1.165) is 0 Å². The van der Waals surface area contributed by atoms with Gasteiger partial charge in [-0.3, -0.25) is 0 Å². The Morgan fingerprint density at radius 1 is 1.00 bits per heavy atom. The maximum atomic E-state index is 12.2. The molecule has 12 heavy (non-hydrogen) atoms. The quantitative estimate of drug-likeness (QED) is 0.606. The summed E-state index contributed by atoms with van der Waals surface area (Å²) in [6.07, 6.45) is -6.72. The van der Waals surface area contributed by atoms with Crippen LogP contribution in [0.15, 0.2) is 0 Å². The smallest absolute Gasteiger partial charge is 0.241 e. The maximum Gasteiger partial charge on any atom is 0.314 e. The average Bonchev–Trinajstić information content (AvgIpc) is 1.83. The highest BCUT2D eigenvalue weighted by molar-refractivity contribution is 4.89. The molecule has 0 saturated heterocycles. The van der Waals surface area contributed by atoms with E-state index >= 15 is 0 Å². The van der Waals surface area contributed by atoms with E-state index in [1.807, 2.05) is 0 Å². The molecule has 0 aliphatic carbocycles. The van der Waals surface area contributed by atoms with Crippen molar-refractivity contribution in [1.82, 2.24) is 0 Å². The fourth-order valence-electron chi connectivity index (χ4n) is 0.540. The van der Waals surface area contributed by atoms with Gasteiger partial charge in [-0.1, -0.05) is 0 Å². The van der Waals surface area contributed by atoms with Crippen LogP contribution < -0.4 is 0 Å². The standard InChI is InChI=1S/C6H8F6/c1-3(7)6(11,12)4(8)5(2,9)10/h3-4H,1-2H3. The first kappa shape index (κ1) is 11.6. The SMILES string of the molecule is CC(F)C(F)(F)C(F)C(C)(F)F. The molecule has 0 aromatic carbocycles. The van der Waals surface area contributed by atoms with Crippen molar-refractivity contribution in [1.29, 1.82) is 0 Å². The molecule has 0 aromatic heterocycles. The lowest BCUT2D eigenvalue weighted by atomic mass is 10.1. The van der Waals surface area contributed by atoms with Crippen molar-refractivity contribution >= 4 is 0 Å². The highest BCUT2D eigenvalue weighted by Gasteiger charge is 2.56. The molecule has 0 aliphatic heterocycles. The molecule has 0 saturated carbocycles. The number of rotatable bonds is 3. The van der Waals surface area contributed by atoms with Crippen LogP contribution in [0.25, 0.3) is 0 Å². The molecule has 0 bridgehead atoms. The fourth-order valence-corrected chi connectivity index (χ4v) is 0.540. The summed E-state index contributed by atoms with van der Waals surface area (Å²) in [5.74, 6) is -8.87. The van der Waals surface area contributed by atoms with Crippen LogP contribution in [0.2, 0.25) is 0 Å². The third kappa shape index (κ3) is 2.28. The van der Waals surface area contributed by atoms with Gasteiger partial charge in [0.15, 0.2) is 6.17 Å². The van der Waals surface area contributed by atoms with Crippen molar-refractivity contribution in [3.63, 3.8) is 0 Å². The van der Waals surface area contributed by atoms with E-state index in [1.54, 1.807) is 0 Å². The lowest BCUT2D eigenvalue weighted by molar-refractivity contribution is -0.197. The van der Waals surface area contributed by atoms with E-state index in [4.69, 9.17) is 0 Å². The molecule has 0 radical (unpaired) electrons. The summed E-state index contributed by atoms with van der Waals surface area (Å²) in [5, 5.41) is 0. The van der Waals surface area contributed by atoms with Gasteiger partial charge in [0.05, 0.1) is 0 Å². The van der Waals surface area contributed by atoms with Gasteiger partial charge < -0.3 is 0 Å². The van der Waals surface area contributed by atoms with Crippen LogP contribution in [0.3, 0.4) is 0 Å². The molecule has 0 aromatic rings. The Morgan fingerprint density at radius 3 is 1.42 bits per heavy atom. The second-order valence-corrected chi connectivity index (χ2v) is 2.61. The summed E-state index contributed by atoms with van der Waals surface area (Å²) in [7, 11) is 0. The predicted octanol–water partition coefficient (Wildman–Crippen LogP) is 2.97. The van der Waals surface area contributed by atoms with Crippen molar-refractivity contribution in [2.24, 2.45) is 0 Å². The van der Waals surface area contributed by atoms with Gasteiger partial charge in [-0.25, -0.2) is 17.6 Å². The molecule has 2 atom stereocenters.